The molecule has 19 valence electrons. The van der Waals surface area contributed by atoms with Gasteiger partial charge in [-0.15, -0.1) is 0 Å². The molecule has 0 heterocycles. The van der Waals surface area contributed by atoms with Crippen molar-refractivity contribution < 1.29 is 64.7 Å². The van der Waals surface area contributed by atoms with Crippen LogP contribution in [-0.2, 0) is 26.2 Å². The molecule has 0 fully saturated rings. The molecule has 4 heavy (non-hydrogen) atoms. The molecule has 0 bridgehead atoms. The third kappa shape index (κ3) is 9.24. The van der Waals surface area contributed by atoms with E-state index in [1.165, 1.54) is 0 Å². The molecule has 0 aromatic rings. The second kappa shape index (κ2) is 15.9. The van der Waals surface area contributed by atoms with Crippen molar-refractivity contribution in [3.63, 3.8) is 0 Å². The summed E-state index contributed by atoms with van der Waals surface area (Å²) in [5, 5.41) is 0. The molecule has 0 aromatic carbocycles. The maximum absolute atomic E-state index is 0. The zero-order valence-electron chi connectivity index (χ0n) is 3.78. The molecule has 0 N–H and O–H groups in total. The van der Waals surface area contributed by atoms with Crippen molar-refractivity contribution in [1.82, 2.24) is 0 Å². The monoisotopic (exact) mass is 351 g/mol. The van der Waals surface area contributed by atoms with Crippen LogP contribution in [0.1, 0.15) is 2.85 Å². The number of rotatable bonds is 0. The standard InChI is InChI=1S/La.H4Si.Sr.Zr.2H/h;1H4;;;;/q;;+2;;2*-1. The molecule has 0 atom stereocenters. The van der Waals surface area contributed by atoms with E-state index in [4.69, 9.17) is 0 Å². The first-order valence-corrected chi connectivity index (χ1v) is 0. The van der Waals surface area contributed by atoms with Gasteiger partial charge in [0.05, 0.1) is 0 Å². The van der Waals surface area contributed by atoms with E-state index in [1.54, 1.807) is 0 Å². The molecule has 0 spiro atoms. The van der Waals surface area contributed by atoms with Crippen LogP contribution in [0.15, 0.2) is 0 Å². The van der Waals surface area contributed by atoms with Gasteiger partial charge in [0.15, 0.2) is 0 Å². The summed E-state index contributed by atoms with van der Waals surface area (Å²) in [5.41, 5.74) is 0. The fraction of sp³-hybridized carbons (Fsp3) is 0. The summed E-state index contributed by atoms with van der Waals surface area (Å²) in [6.07, 6.45) is 0. The van der Waals surface area contributed by atoms with Crippen molar-refractivity contribution >= 4 is 56.4 Å². The second-order valence-electron chi connectivity index (χ2n) is 0. The van der Waals surface area contributed by atoms with Gasteiger partial charge in [0, 0.05) is 61.8 Å². The van der Waals surface area contributed by atoms with Gasteiger partial charge < -0.3 is 2.85 Å². The Morgan fingerprint density at radius 1 is 1.25 bits per heavy atom. The van der Waals surface area contributed by atoms with E-state index in [0.29, 0.717) is 0 Å². The minimum atomic E-state index is 0. The Morgan fingerprint density at radius 3 is 1.25 bits per heavy atom. The SMILES string of the molecule is [H-].[H-].[La].[SiH4].[Sr+2].[Zr]. The molecule has 0 aliphatic carbocycles. The minimum absolute atomic E-state index is 0. The van der Waals surface area contributed by atoms with Crippen LogP contribution in [0.4, 0.5) is 0 Å². The first-order valence-electron chi connectivity index (χ1n) is 0. The molecule has 1 radical (unpaired) electrons. The van der Waals surface area contributed by atoms with Crippen molar-refractivity contribution in [2.45, 2.75) is 0 Å². The summed E-state index contributed by atoms with van der Waals surface area (Å²) in [4.78, 5) is 0. The first-order chi connectivity index (χ1) is 0. The van der Waals surface area contributed by atoms with E-state index in [9.17, 15) is 0 Å². The fourth-order valence-electron chi connectivity index (χ4n) is 0. The van der Waals surface area contributed by atoms with Gasteiger partial charge in [-0.25, -0.2) is 0 Å². The van der Waals surface area contributed by atoms with E-state index < -0.39 is 0 Å². The summed E-state index contributed by atoms with van der Waals surface area (Å²) in [5.74, 6) is 0. The largest absolute Gasteiger partial charge is 2.00 e. The second-order valence-corrected chi connectivity index (χ2v) is 0. The number of hydrogen-bond acceptors (Lipinski definition) is 0. The summed E-state index contributed by atoms with van der Waals surface area (Å²) < 4.78 is 0. The Hall–Kier alpha value is 3.78. The van der Waals surface area contributed by atoms with Gasteiger partial charge in [-0.1, -0.05) is 0 Å². The van der Waals surface area contributed by atoms with Crippen LogP contribution in [0.3, 0.4) is 0 Å². The van der Waals surface area contributed by atoms with Crippen LogP contribution in [0.2, 0.25) is 0 Å². The summed E-state index contributed by atoms with van der Waals surface area (Å²) in [6, 6.07) is 0. The predicted molar refractivity (Wildman–Crippen MR) is 19.3 cm³/mol. The molecule has 0 amide bonds. The molecule has 0 rings (SSSR count). The van der Waals surface area contributed by atoms with Crippen LogP contribution >= 0.6 is 0 Å². The molecular formula is H6LaSiSrZr. The zero-order valence-corrected chi connectivity index (χ0v) is 11.3. The Balaban J connectivity index is 0. The summed E-state index contributed by atoms with van der Waals surface area (Å²) >= 11 is 0. The predicted octanol–water partition coefficient (Wildman–Crippen LogP) is -1.61. The van der Waals surface area contributed by atoms with Gasteiger partial charge in [-0.3, -0.25) is 0 Å². The third-order valence-corrected chi connectivity index (χ3v) is 0. The van der Waals surface area contributed by atoms with Gasteiger partial charge in [-0.2, -0.15) is 0 Å². The topological polar surface area (TPSA) is 0 Å². The summed E-state index contributed by atoms with van der Waals surface area (Å²) in [6.45, 7) is 0. The van der Waals surface area contributed by atoms with Crippen molar-refractivity contribution in [2.75, 3.05) is 0 Å². The smallest absolute Gasteiger partial charge is 1.00 e. The Morgan fingerprint density at radius 2 is 1.25 bits per heavy atom. The fourth-order valence-corrected chi connectivity index (χ4v) is 0. The minimum Gasteiger partial charge on any atom is -1.00 e. The maximum Gasteiger partial charge on any atom is 2.00 e. The van der Waals surface area contributed by atoms with Crippen molar-refractivity contribution in [2.24, 2.45) is 0 Å². The molecule has 0 nitrogen and oxygen atoms in total. The van der Waals surface area contributed by atoms with Gasteiger partial charge >= 0.3 is 45.5 Å². The molecule has 0 unspecified atom stereocenters. The van der Waals surface area contributed by atoms with Gasteiger partial charge in [0.1, 0.15) is 0 Å². The van der Waals surface area contributed by atoms with Gasteiger partial charge in [-0.05, 0) is 11.0 Å². The number of hydrogen-bond donors (Lipinski definition) is 0. The van der Waals surface area contributed by atoms with E-state index in [2.05, 4.69) is 0 Å². The van der Waals surface area contributed by atoms with E-state index in [0.717, 1.165) is 0 Å². The normalized spacial score (nSPS) is 0. The Kier molecular flexibility index (Phi) is 99.3. The Bertz CT molecular complexity index is 13.5. The first kappa shape index (κ1) is 25.0. The maximum atomic E-state index is 0. The quantitative estimate of drug-likeness (QED) is 0.461. The van der Waals surface area contributed by atoms with Crippen LogP contribution in [-0.4, -0.2) is 56.4 Å². The van der Waals surface area contributed by atoms with Crippen molar-refractivity contribution in [3.8, 4) is 0 Å². The molecular weight excluding hydrogens is 346 g/mol. The van der Waals surface area contributed by atoms with Crippen molar-refractivity contribution in [1.29, 1.82) is 0 Å². The average Bonchev–Trinajstić information content (AvgIpc) is 0. The van der Waals surface area contributed by atoms with E-state index >= 15 is 0 Å². The van der Waals surface area contributed by atoms with E-state index in [-0.39, 0.29) is 121 Å². The third-order valence-electron chi connectivity index (χ3n) is 0. The molecule has 0 saturated heterocycles. The molecule has 0 aromatic heterocycles. The van der Waals surface area contributed by atoms with Crippen molar-refractivity contribution in [3.05, 3.63) is 0 Å². The summed E-state index contributed by atoms with van der Waals surface area (Å²) in [7, 11) is 0. The molecule has 0 saturated carbocycles. The van der Waals surface area contributed by atoms with E-state index in [1.807, 2.05) is 0 Å². The van der Waals surface area contributed by atoms with Crippen LogP contribution in [0.25, 0.3) is 0 Å². The van der Waals surface area contributed by atoms with Gasteiger partial charge in [0.25, 0.3) is 0 Å². The Labute approximate surface area is 118 Å². The molecule has 0 aliphatic rings. The van der Waals surface area contributed by atoms with Gasteiger partial charge in [0.2, 0.25) is 0 Å². The van der Waals surface area contributed by atoms with Crippen LogP contribution < -0.4 is 0 Å². The average molecular weight is 352 g/mol. The van der Waals surface area contributed by atoms with Crippen LogP contribution in [0, 0.1) is 35.6 Å². The molecule has 4 heteroatoms. The molecule has 0 aliphatic heterocycles. The van der Waals surface area contributed by atoms with Crippen LogP contribution in [0.5, 0.6) is 0 Å². The zero-order chi connectivity index (χ0) is 0.